The molecule has 1 aromatic rings. The Labute approximate surface area is 118 Å². The minimum atomic E-state index is -0.441. The quantitative estimate of drug-likeness (QED) is 0.581. The molecule has 1 aromatic heterocycles. The topological polar surface area (TPSA) is 68.6 Å². The number of hydrogen-bond acceptors (Lipinski definition) is 4. The van der Waals surface area contributed by atoms with Gasteiger partial charge in [-0.25, -0.2) is 0 Å². The Kier molecular flexibility index (Phi) is 5.49. The second kappa shape index (κ2) is 6.88. The molecule has 6 nitrogen and oxygen atoms in total. The number of carbonyl (C=O) groups is 3. The number of carbonyl (C=O) groups excluding carboxylic acids is 3. The molecule has 0 N–H and O–H groups in total. The van der Waals surface area contributed by atoms with Gasteiger partial charge in [-0.2, -0.15) is 0 Å². The zero-order chi connectivity index (χ0) is 15.3. The summed E-state index contributed by atoms with van der Waals surface area (Å²) < 4.78 is 6.43. The third kappa shape index (κ3) is 3.69. The Morgan fingerprint density at radius 2 is 1.95 bits per heavy atom. The highest BCUT2D eigenvalue weighted by Gasteiger charge is 2.21. The van der Waals surface area contributed by atoms with E-state index in [1.807, 2.05) is 0 Å². The first-order chi connectivity index (χ1) is 9.40. The number of likely N-dealkylation sites (N-methyl/N-ethyl adjacent to an activating group) is 1. The molecule has 1 heterocycles. The third-order valence-electron chi connectivity index (χ3n) is 2.92. The summed E-state index contributed by atoms with van der Waals surface area (Å²) in [5.74, 6) is -0.840. The highest BCUT2D eigenvalue weighted by molar-refractivity contribution is 6.00. The lowest BCUT2D eigenvalue weighted by molar-refractivity contribution is -0.143. The van der Waals surface area contributed by atoms with Gasteiger partial charge in [0.05, 0.1) is 6.61 Å². The van der Waals surface area contributed by atoms with Gasteiger partial charge < -0.3 is 14.2 Å². The van der Waals surface area contributed by atoms with Gasteiger partial charge in [-0.1, -0.05) is 0 Å². The first-order valence-electron chi connectivity index (χ1n) is 6.52. The highest BCUT2D eigenvalue weighted by Crippen LogP contribution is 2.11. The van der Waals surface area contributed by atoms with Crippen LogP contribution in [0, 0.1) is 0 Å². The van der Waals surface area contributed by atoms with Crippen LogP contribution < -0.4 is 0 Å². The van der Waals surface area contributed by atoms with Crippen molar-refractivity contribution in [1.82, 2.24) is 9.47 Å². The maximum absolute atomic E-state index is 12.4. The maximum Gasteiger partial charge on any atom is 0.325 e. The normalized spacial score (nSPS) is 10.2. The minimum absolute atomic E-state index is 0.0935. The zero-order valence-corrected chi connectivity index (χ0v) is 12.3. The molecule has 0 aromatic carbocycles. The van der Waals surface area contributed by atoms with Crippen LogP contribution in [0.3, 0.4) is 0 Å². The van der Waals surface area contributed by atoms with E-state index in [2.05, 4.69) is 0 Å². The number of ether oxygens (including phenoxy) is 1. The molecule has 0 aliphatic carbocycles. The van der Waals surface area contributed by atoms with Gasteiger partial charge in [0.1, 0.15) is 12.2 Å². The van der Waals surface area contributed by atoms with E-state index in [1.54, 1.807) is 37.7 Å². The second-order valence-corrected chi connectivity index (χ2v) is 4.41. The molecule has 0 spiro atoms. The Bertz CT molecular complexity index is 519. The lowest BCUT2D eigenvalue weighted by atomic mass is 10.2. The van der Waals surface area contributed by atoms with Crippen LogP contribution >= 0.6 is 0 Å². The van der Waals surface area contributed by atoms with Gasteiger partial charge >= 0.3 is 5.97 Å². The number of ketones is 1. The van der Waals surface area contributed by atoms with Crippen molar-refractivity contribution < 1.29 is 19.1 Å². The molecule has 0 aliphatic rings. The minimum Gasteiger partial charge on any atom is -0.465 e. The van der Waals surface area contributed by atoms with Crippen LogP contribution in [0.25, 0.3) is 0 Å². The van der Waals surface area contributed by atoms with Crippen molar-refractivity contribution in [2.24, 2.45) is 7.05 Å². The van der Waals surface area contributed by atoms with Gasteiger partial charge in [-0.05, 0) is 26.8 Å². The highest BCUT2D eigenvalue weighted by atomic mass is 16.5. The molecule has 0 fully saturated rings. The van der Waals surface area contributed by atoms with E-state index in [4.69, 9.17) is 4.74 Å². The fourth-order valence-corrected chi connectivity index (χ4v) is 1.82. The Morgan fingerprint density at radius 3 is 2.40 bits per heavy atom. The van der Waals surface area contributed by atoms with Crippen LogP contribution in [0.2, 0.25) is 0 Å². The van der Waals surface area contributed by atoms with E-state index in [0.717, 1.165) is 0 Å². The van der Waals surface area contributed by atoms with Gasteiger partial charge in [0.15, 0.2) is 5.78 Å². The van der Waals surface area contributed by atoms with Crippen molar-refractivity contribution in [1.29, 1.82) is 0 Å². The van der Waals surface area contributed by atoms with Gasteiger partial charge in [0.2, 0.25) is 0 Å². The van der Waals surface area contributed by atoms with Gasteiger partial charge in [-0.3, -0.25) is 14.4 Å². The van der Waals surface area contributed by atoms with Gasteiger partial charge in [0.25, 0.3) is 5.91 Å². The maximum atomic E-state index is 12.4. The Morgan fingerprint density at radius 1 is 1.30 bits per heavy atom. The number of aryl methyl sites for hydroxylation is 1. The molecule has 0 unspecified atom stereocenters. The van der Waals surface area contributed by atoms with Crippen molar-refractivity contribution in [2.75, 3.05) is 19.7 Å². The number of esters is 1. The fraction of sp³-hybridized carbons (Fsp3) is 0.500. The third-order valence-corrected chi connectivity index (χ3v) is 2.92. The summed E-state index contributed by atoms with van der Waals surface area (Å²) >= 11 is 0. The van der Waals surface area contributed by atoms with Crippen LogP contribution in [0.15, 0.2) is 12.3 Å². The van der Waals surface area contributed by atoms with Crippen LogP contribution in [-0.4, -0.2) is 46.8 Å². The summed E-state index contributed by atoms with van der Waals surface area (Å²) in [4.78, 5) is 36.5. The van der Waals surface area contributed by atoms with E-state index in [9.17, 15) is 14.4 Å². The summed E-state index contributed by atoms with van der Waals surface area (Å²) in [6.07, 6.45) is 1.60. The number of nitrogens with zero attached hydrogens (tertiary/aromatic N) is 2. The van der Waals surface area contributed by atoms with Crippen LogP contribution in [0.4, 0.5) is 0 Å². The molecule has 0 aliphatic heterocycles. The van der Waals surface area contributed by atoms with Crippen LogP contribution in [0.5, 0.6) is 0 Å². The predicted octanol–water partition coefficient (Wildman–Crippen LogP) is 1.25. The average Bonchev–Trinajstić information content (AvgIpc) is 2.78. The van der Waals surface area contributed by atoms with Crippen molar-refractivity contribution in [3.8, 4) is 0 Å². The summed E-state index contributed by atoms with van der Waals surface area (Å²) in [6.45, 7) is 5.52. The van der Waals surface area contributed by atoms with E-state index in [0.29, 0.717) is 17.8 Å². The molecular formula is C14H20N2O4. The monoisotopic (exact) mass is 280 g/mol. The van der Waals surface area contributed by atoms with E-state index >= 15 is 0 Å². The molecule has 0 saturated heterocycles. The molecule has 0 bridgehead atoms. The molecule has 1 rings (SSSR count). The molecular weight excluding hydrogens is 260 g/mol. The molecule has 6 heteroatoms. The first kappa shape index (κ1) is 15.9. The van der Waals surface area contributed by atoms with Crippen molar-refractivity contribution in [3.05, 3.63) is 23.5 Å². The van der Waals surface area contributed by atoms with Crippen LogP contribution in [-0.2, 0) is 16.6 Å². The van der Waals surface area contributed by atoms with Crippen LogP contribution in [0.1, 0.15) is 41.6 Å². The smallest absolute Gasteiger partial charge is 0.325 e. The number of Topliss-reactive ketones (excluding diaryl/α,β-unsaturated/α-hetero) is 1. The number of aromatic nitrogens is 1. The molecule has 0 radical (unpaired) electrons. The molecule has 0 atom stereocenters. The number of rotatable bonds is 6. The summed E-state index contributed by atoms with van der Waals surface area (Å²) in [5.41, 5.74) is 0.851. The molecule has 1 amide bonds. The Hall–Kier alpha value is -2.11. The molecule has 110 valence electrons. The van der Waals surface area contributed by atoms with Gasteiger partial charge in [0, 0.05) is 25.4 Å². The standard InChI is InChI=1S/C14H20N2O4/c1-5-16(9-13(18)20-6-2)14(19)12-7-11(10(3)17)8-15(12)4/h7-8H,5-6,9H2,1-4H3. The summed E-state index contributed by atoms with van der Waals surface area (Å²) in [6, 6.07) is 1.54. The fourth-order valence-electron chi connectivity index (χ4n) is 1.82. The molecule has 20 heavy (non-hydrogen) atoms. The average molecular weight is 280 g/mol. The Balaban J connectivity index is 2.91. The summed E-state index contributed by atoms with van der Waals surface area (Å²) in [7, 11) is 1.69. The van der Waals surface area contributed by atoms with Crippen molar-refractivity contribution in [2.45, 2.75) is 20.8 Å². The molecule has 0 saturated carbocycles. The first-order valence-corrected chi connectivity index (χ1v) is 6.52. The number of amides is 1. The van der Waals surface area contributed by atoms with Crippen molar-refractivity contribution >= 4 is 17.7 Å². The lowest BCUT2D eigenvalue weighted by Gasteiger charge is -2.19. The summed E-state index contributed by atoms with van der Waals surface area (Å²) in [5, 5.41) is 0. The SMILES string of the molecule is CCOC(=O)CN(CC)C(=O)c1cc(C(C)=O)cn1C. The largest absolute Gasteiger partial charge is 0.465 e. The van der Waals surface area contributed by atoms with E-state index < -0.39 is 5.97 Å². The lowest BCUT2D eigenvalue weighted by Crippen LogP contribution is -2.37. The van der Waals surface area contributed by atoms with Gasteiger partial charge in [-0.15, -0.1) is 0 Å². The van der Waals surface area contributed by atoms with E-state index in [1.165, 1.54) is 11.8 Å². The van der Waals surface area contributed by atoms with Crippen molar-refractivity contribution in [3.63, 3.8) is 0 Å². The van der Waals surface area contributed by atoms with E-state index in [-0.39, 0.29) is 24.8 Å². The zero-order valence-electron chi connectivity index (χ0n) is 12.3. The number of hydrogen-bond donors (Lipinski definition) is 0. The second-order valence-electron chi connectivity index (χ2n) is 4.41. The predicted molar refractivity (Wildman–Crippen MR) is 73.6 cm³/mol.